The molecular formula is C27H32N2O4S2. The van der Waals surface area contributed by atoms with Crippen LogP contribution in [0.1, 0.15) is 37.9 Å². The first-order valence-corrected chi connectivity index (χ1v) is 14.2. The maximum absolute atomic E-state index is 13.6. The van der Waals surface area contributed by atoms with Crippen molar-refractivity contribution in [3.8, 4) is 5.75 Å². The van der Waals surface area contributed by atoms with Gasteiger partial charge in [0.15, 0.2) is 0 Å². The summed E-state index contributed by atoms with van der Waals surface area (Å²) < 4.78 is 33.8. The molecule has 3 rings (SSSR count). The smallest absolute Gasteiger partial charge is 0.264 e. The van der Waals surface area contributed by atoms with E-state index in [9.17, 15) is 13.2 Å². The molecule has 186 valence electrons. The number of aryl methyl sites for hydroxylation is 1. The highest BCUT2D eigenvalue weighted by Gasteiger charge is 2.28. The Kier molecular flexibility index (Phi) is 9.23. The maximum Gasteiger partial charge on any atom is 0.264 e. The number of thioether (sulfide) groups is 1. The highest BCUT2D eigenvalue weighted by Crippen LogP contribution is 2.27. The molecule has 0 fully saturated rings. The number of anilines is 1. The molecule has 0 radical (unpaired) electrons. The highest BCUT2D eigenvalue weighted by atomic mass is 32.2. The largest absolute Gasteiger partial charge is 0.494 e. The zero-order chi connectivity index (χ0) is 25.4. The van der Waals surface area contributed by atoms with Crippen LogP contribution in [0.3, 0.4) is 0 Å². The van der Waals surface area contributed by atoms with E-state index in [0.717, 1.165) is 21.2 Å². The van der Waals surface area contributed by atoms with Gasteiger partial charge in [-0.25, -0.2) is 8.42 Å². The van der Waals surface area contributed by atoms with Crippen molar-refractivity contribution in [2.45, 2.75) is 43.0 Å². The molecule has 0 bridgehead atoms. The summed E-state index contributed by atoms with van der Waals surface area (Å²) in [7, 11) is -3.99. The van der Waals surface area contributed by atoms with Gasteiger partial charge in [0.2, 0.25) is 5.91 Å². The van der Waals surface area contributed by atoms with Gasteiger partial charge in [-0.2, -0.15) is 0 Å². The maximum atomic E-state index is 13.6. The molecule has 35 heavy (non-hydrogen) atoms. The van der Waals surface area contributed by atoms with Crippen molar-refractivity contribution >= 4 is 33.4 Å². The SMILES string of the molecule is CCOc1ccc(N(CC(=O)N[C@H](C)c2ccc(CC)cc2)S(=O)(=O)c2ccc(SC)cc2)cc1. The van der Waals surface area contributed by atoms with Gasteiger partial charge < -0.3 is 10.1 Å². The fourth-order valence-corrected chi connectivity index (χ4v) is 5.44. The van der Waals surface area contributed by atoms with Crippen LogP contribution in [0.25, 0.3) is 0 Å². The number of nitrogens with one attached hydrogen (secondary N) is 1. The summed E-state index contributed by atoms with van der Waals surface area (Å²) in [6, 6.07) is 21.1. The minimum Gasteiger partial charge on any atom is -0.494 e. The molecule has 8 heteroatoms. The van der Waals surface area contributed by atoms with Gasteiger partial charge in [-0.05, 0) is 86.2 Å². The Morgan fingerprint density at radius 3 is 2.14 bits per heavy atom. The van der Waals surface area contributed by atoms with Gasteiger partial charge in [-0.1, -0.05) is 31.2 Å². The van der Waals surface area contributed by atoms with Crippen molar-refractivity contribution in [2.24, 2.45) is 0 Å². The first kappa shape index (κ1) is 26.6. The van der Waals surface area contributed by atoms with Crippen LogP contribution in [-0.2, 0) is 21.2 Å². The normalized spacial score (nSPS) is 12.1. The van der Waals surface area contributed by atoms with Gasteiger partial charge in [0.05, 0.1) is 23.2 Å². The zero-order valence-corrected chi connectivity index (χ0v) is 22.2. The third-order valence-electron chi connectivity index (χ3n) is 5.64. The molecule has 1 atom stereocenters. The Balaban J connectivity index is 1.87. The summed E-state index contributed by atoms with van der Waals surface area (Å²) >= 11 is 1.53. The molecule has 0 unspecified atom stereocenters. The van der Waals surface area contributed by atoms with Crippen LogP contribution in [0.15, 0.2) is 82.6 Å². The Morgan fingerprint density at radius 2 is 1.60 bits per heavy atom. The Bertz CT molecular complexity index is 1210. The predicted molar refractivity (Wildman–Crippen MR) is 143 cm³/mol. The lowest BCUT2D eigenvalue weighted by molar-refractivity contribution is -0.120. The topological polar surface area (TPSA) is 75.7 Å². The van der Waals surface area contributed by atoms with E-state index in [1.165, 1.54) is 17.3 Å². The van der Waals surface area contributed by atoms with E-state index in [0.29, 0.717) is 18.0 Å². The molecule has 6 nitrogen and oxygen atoms in total. The fraction of sp³-hybridized carbons (Fsp3) is 0.296. The Labute approximate surface area is 212 Å². The number of carbonyl (C=O) groups excluding carboxylic acids is 1. The van der Waals surface area contributed by atoms with Crippen LogP contribution < -0.4 is 14.4 Å². The number of carbonyl (C=O) groups is 1. The van der Waals surface area contributed by atoms with E-state index in [2.05, 4.69) is 12.2 Å². The number of hydrogen-bond donors (Lipinski definition) is 1. The minimum absolute atomic E-state index is 0.125. The van der Waals surface area contributed by atoms with Crippen molar-refractivity contribution in [1.29, 1.82) is 0 Å². The van der Waals surface area contributed by atoms with Gasteiger partial charge in [-0.15, -0.1) is 11.8 Å². The van der Waals surface area contributed by atoms with Gasteiger partial charge in [0, 0.05) is 4.90 Å². The molecule has 0 aliphatic heterocycles. The molecule has 0 aliphatic carbocycles. The Hall–Kier alpha value is -2.97. The molecule has 3 aromatic rings. The van der Waals surface area contributed by atoms with Crippen LogP contribution in [-0.4, -0.2) is 33.7 Å². The van der Waals surface area contributed by atoms with Gasteiger partial charge in [-0.3, -0.25) is 9.10 Å². The summed E-state index contributed by atoms with van der Waals surface area (Å²) in [5, 5.41) is 2.93. The third kappa shape index (κ3) is 6.80. The van der Waals surface area contributed by atoms with Gasteiger partial charge in [0.25, 0.3) is 10.0 Å². The molecule has 1 N–H and O–H groups in total. The van der Waals surface area contributed by atoms with Crippen LogP contribution in [0.4, 0.5) is 5.69 Å². The second-order valence-corrected chi connectivity index (χ2v) is 10.7. The minimum atomic E-state index is -3.99. The highest BCUT2D eigenvalue weighted by molar-refractivity contribution is 7.98. The van der Waals surface area contributed by atoms with E-state index in [1.807, 2.05) is 44.4 Å². The summed E-state index contributed by atoms with van der Waals surface area (Å²) in [4.78, 5) is 14.1. The van der Waals surface area contributed by atoms with E-state index >= 15 is 0 Å². The average molecular weight is 513 g/mol. The first-order chi connectivity index (χ1) is 16.8. The van der Waals surface area contributed by atoms with Crippen molar-refractivity contribution in [1.82, 2.24) is 5.32 Å². The molecular weight excluding hydrogens is 480 g/mol. The van der Waals surface area contributed by atoms with Crippen molar-refractivity contribution in [3.05, 3.63) is 83.9 Å². The Morgan fingerprint density at radius 1 is 0.971 bits per heavy atom. The standard InChI is InChI=1S/C27H32N2O4S2/c1-5-21-7-9-22(10-8-21)20(3)28-27(30)19-29(23-11-13-24(14-12-23)33-6-2)35(31,32)26-17-15-25(34-4)16-18-26/h7-18,20H,5-6,19H2,1-4H3,(H,28,30)/t20-/m1/s1. The molecule has 0 heterocycles. The summed E-state index contributed by atoms with van der Waals surface area (Å²) in [6.45, 7) is 6.01. The molecule has 3 aromatic carbocycles. The van der Waals surface area contributed by atoms with E-state index in [-0.39, 0.29) is 17.5 Å². The number of nitrogens with zero attached hydrogens (tertiary/aromatic N) is 1. The lowest BCUT2D eigenvalue weighted by atomic mass is 10.1. The summed E-state index contributed by atoms with van der Waals surface area (Å²) in [5.74, 6) is 0.238. The molecule has 0 saturated carbocycles. The third-order valence-corrected chi connectivity index (χ3v) is 8.17. The predicted octanol–water partition coefficient (Wildman–Crippen LogP) is 5.44. The average Bonchev–Trinajstić information content (AvgIpc) is 2.88. The van der Waals surface area contributed by atoms with Crippen LogP contribution in [0, 0.1) is 0 Å². The van der Waals surface area contributed by atoms with Crippen molar-refractivity contribution in [2.75, 3.05) is 23.7 Å². The number of amides is 1. The lowest BCUT2D eigenvalue weighted by Gasteiger charge is -2.25. The van der Waals surface area contributed by atoms with Crippen LogP contribution >= 0.6 is 11.8 Å². The number of hydrogen-bond acceptors (Lipinski definition) is 5. The fourth-order valence-electron chi connectivity index (χ4n) is 3.61. The monoisotopic (exact) mass is 512 g/mol. The van der Waals surface area contributed by atoms with Crippen LogP contribution in [0.2, 0.25) is 0 Å². The first-order valence-electron chi connectivity index (χ1n) is 11.6. The lowest BCUT2D eigenvalue weighted by Crippen LogP contribution is -2.41. The number of rotatable bonds is 11. The number of benzene rings is 3. The molecule has 1 amide bonds. The molecule has 0 spiro atoms. The van der Waals surface area contributed by atoms with Gasteiger partial charge >= 0.3 is 0 Å². The second kappa shape index (κ2) is 12.1. The number of sulfonamides is 1. The van der Waals surface area contributed by atoms with E-state index in [1.54, 1.807) is 48.5 Å². The van der Waals surface area contributed by atoms with E-state index < -0.39 is 15.9 Å². The zero-order valence-electron chi connectivity index (χ0n) is 20.5. The molecule has 0 aromatic heterocycles. The van der Waals surface area contributed by atoms with Crippen molar-refractivity contribution in [3.63, 3.8) is 0 Å². The number of ether oxygens (including phenoxy) is 1. The van der Waals surface area contributed by atoms with Gasteiger partial charge in [0.1, 0.15) is 12.3 Å². The van der Waals surface area contributed by atoms with Crippen LogP contribution in [0.5, 0.6) is 5.75 Å². The summed E-state index contributed by atoms with van der Waals surface area (Å²) in [5.41, 5.74) is 2.56. The van der Waals surface area contributed by atoms with E-state index in [4.69, 9.17) is 4.74 Å². The molecule has 0 aliphatic rings. The quantitative estimate of drug-likeness (QED) is 0.346. The summed E-state index contributed by atoms with van der Waals surface area (Å²) in [6.07, 6.45) is 2.87. The molecule has 0 saturated heterocycles. The second-order valence-electron chi connectivity index (χ2n) is 8.00. The van der Waals surface area contributed by atoms with Crippen molar-refractivity contribution < 1.29 is 17.9 Å².